The molecule has 17 heavy (non-hydrogen) atoms. The van der Waals surface area contributed by atoms with Gasteiger partial charge in [0.05, 0.1) is 6.26 Å². The lowest BCUT2D eigenvalue weighted by Crippen LogP contribution is -2.00. The number of rotatable bonds is 4. The van der Waals surface area contributed by atoms with E-state index >= 15 is 0 Å². The quantitative estimate of drug-likeness (QED) is 0.769. The van der Waals surface area contributed by atoms with Crippen LogP contribution >= 0.6 is 0 Å². The molecular formula is C12H8F2O3. The molecule has 2 aromatic rings. The Morgan fingerprint density at radius 2 is 2.00 bits per heavy atom. The minimum Gasteiger partial charge on any atom is -0.480 e. The lowest BCUT2D eigenvalue weighted by Gasteiger charge is -2.07. The molecule has 0 N–H and O–H groups in total. The van der Waals surface area contributed by atoms with E-state index in [-0.39, 0.29) is 12.2 Å². The van der Waals surface area contributed by atoms with Crippen LogP contribution in [0.4, 0.5) is 8.78 Å². The molecule has 0 bridgehead atoms. The zero-order valence-electron chi connectivity index (χ0n) is 8.65. The van der Waals surface area contributed by atoms with Crippen LogP contribution in [-0.2, 0) is 6.61 Å². The fourth-order valence-electron chi connectivity index (χ4n) is 1.32. The lowest BCUT2D eigenvalue weighted by atomic mass is 10.2. The Morgan fingerprint density at radius 3 is 2.53 bits per heavy atom. The monoisotopic (exact) mass is 238 g/mol. The van der Waals surface area contributed by atoms with Crippen molar-refractivity contribution in [1.82, 2.24) is 0 Å². The average Bonchev–Trinajstić information content (AvgIpc) is 2.80. The number of hydrogen-bond donors (Lipinski definition) is 0. The third kappa shape index (κ3) is 2.50. The van der Waals surface area contributed by atoms with E-state index in [1.54, 1.807) is 12.1 Å². The molecule has 0 saturated carbocycles. The summed E-state index contributed by atoms with van der Waals surface area (Å²) < 4.78 is 36.6. The van der Waals surface area contributed by atoms with E-state index in [4.69, 9.17) is 9.15 Å². The first-order valence-corrected chi connectivity index (χ1v) is 4.80. The van der Waals surface area contributed by atoms with Gasteiger partial charge in [-0.2, -0.15) is 0 Å². The lowest BCUT2D eigenvalue weighted by molar-refractivity contribution is 0.112. The summed E-state index contributed by atoms with van der Waals surface area (Å²) in [6.07, 6.45) is 1.80. The molecule has 5 heteroatoms. The summed E-state index contributed by atoms with van der Waals surface area (Å²) >= 11 is 0. The molecule has 0 atom stereocenters. The van der Waals surface area contributed by atoms with E-state index in [9.17, 15) is 13.6 Å². The Balaban J connectivity index is 2.18. The van der Waals surface area contributed by atoms with Gasteiger partial charge in [-0.3, -0.25) is 4.79 Å². The second kappa shape index (κ2) is 4.78. The van der Waals surface area contributed by atoms with Crippen LogP contribution < -0.4 is 4.74 Å². The number of aldehydes is 1. The van der Waals surface area contributed by atoms with Gasteiger partial charge in [0.25, 0.3) is 0 Å². The Bertz CT molecular complexity index is 498. The Kier molecular flexibility index (Phi) is 3.18. The molecule has 0 aliphatic carbocycles. The molecule has 1 aromatic heterocycles. The van der Waals surface area contributed by atoms with Crippen LogP contribution in [0.5, 0.6) is 5.75 Å². The van der Waals surface area contributed by atoms with Crippen LogP contribution in [0.15, 0.2) is 34.9 Å². The second-order valence-electron chi connectivity index (χ2n) is 3.30. The van der Waals surface area contributed by atoms with Gasteiger partial charge in [-0.25, -0.2) is 8.78 Å². The fourth-order valence-corrected chi connectivity index (χ4v) is 1.32. The van der Waals surface area contributed by atoms with Crippen LogP contribution in [0.3, 0.4) is 0 Å². The number of ether oxygens (including phenoxy) is 1. The van der Waals surface area contributed by atoms with Crippen molar-refractivity contribution >= 4 is 6.29 Å². The molecule has 1 heterocycles. The van der Waals surface area contributed by atoms with E-state index in [0.717, 1.165) is 12.1 Å². The molecular weight excluding hydrogens is 230 g/mol. The van der Waals surface area contributed by atoms with E-state index in [1.807, 2.05) is 0 Å². The fraction of sp³-hybridized carbons (Fsp3) is 0.0833. The Hall–Kier alpha value is -2.17. The summed E-state index contributed by atoms with van der Waals surface area (Å²) in [6.45, 7) is -0.0821. The van der Waals surface area contributed by atoms with Crippen LogP contribution in [-0.4, -0.2) is 6.29 Å². The van der Waals surface area contributed by atoms with Crippen LogP contribution in [0.2, 0.25) is 0 Å². The highest BCUT2D eigenvalue weighted by Crippen LogP contribution is 2.23. The van der Waals surface area contributed by atoms with Crippen molar-refractivity contribution < 1.29 is 22.7 Å². The first-order valence-electron chi connectivity index (χ1n) is 4.80. The summed E-state index contributed by atoms with van der Waals surface area (Å²) in [6, 6.07) is 5.08. The van der Waals surface area contributed by atoms with Crippen LogP contribution in [0.25, 0.3) is 0 Å². The largest absolute Gasteiger partial charge is 0.480 e. The van der Waals surface area contributed by atoms with Crippen molar-refractivity contribution in [3.8, 4) is 5.75 Å². The van der Waals surface area contributed by atoms with Gasteiger partial charge >= 0.3 is 0 Å². The molecule has 0 saturated heterocycles. The van der Waals surface area contributed by atoms with Crippen molar-refractivity contribution in [3.63, 3.8) is 0 Å². The number of carbonyl (C=O) groups excluding carboxylic acids is 1. The smallest absolute Gasteiger partial charge is 0.191 e. The maximum Gasteiger partial charge on any atom is 0.191 e. The van der Waals surface area contributed by atoms with Crippen molar-refractivity contribution in [1.29, 1.82) is 0 Å². The molecule has 0 spiro atoms. The topological polar surface area (TPSA) is 39.4 Å². The maximum absolute atomic E-state index is 13.4. The van der Waals surface area contributed by atoms with Crippen molar-refractivity contribution in [2.45, 2.75) is 6.61 Å². The van der Waals surface area contributed by atoms with Gasteiger partial charge in [0, 0.05) is 5.56 Å². The van der Waals surface area contributed by atoms with Crippen molar-refractivity contribution in [3.05, 3.63) is 53.5 Å². The van der Waals surface area contributed by atoms with Gasteiger partial charge in [-0.1, -0.05) is 0 Å². The predicted octanol–water partition coefficient (Wildman–Crippen LogP) is 2.95. The number of benzene rings is 1. The van der Waals surface area contributed by atoms with Crippen LogP contribution in [0, 0.1) is 11.6 Å². The molecule has 0 amide bonds. The normalized spacial score (nSPS) is 10.2. The first kappa shape index (κ1) is 11.3. The zero-order valence-corrected chi connectivity index (χ0v) is 8.65. The van der Waals surface area contributed by atoms with Gasteiger partial charge in [0.1, 0.15) is 18.7 Å². The molecule has 1 aromatic carbocycles. The van der Waals surface area contributed by atoms with E-state index in [2.05, 4.69) is 0 Å². The third-order valence-corrected chi connectivity index (χ3v) is 2.10. The first-order chi connectivity index (χ1) is 8.20. The van der Waals surface area contributed by atoms with Gasteiger partial charge in [0.2, 0.25) is 0 Å². The minimum atomic E-state index is -0.918. The molecule has 0 radical (unpaired) electrons. The SMILES string of the molecule is O=Cc1cc(F)c(OCc2ccco2)c(F)c1. The van der Waals surface area contributed by atoms with Gasteiger partial charge in [-0.05, 0) is 24.3 Å². The highest BCUT2D eigenvalue weighted by molar-refractivity contribution is 5.75. The summed E-state index contributed by atoms with van der Waals surface area (Å²) in [4.78, 5) is 10.4. The van der Waals surface area contributed by atoms with Gasteiger partial charge in [-0.15, -0.1) is 0 Å². The van der Waals surface area contributed by atoms with E-state index in [1.165, 1.54) is 6.26 Å². The average molecular weight is 238 g/mol. The number of carbonyl (C=O) groups is 1. The van der Waals surface area contributed by atoms with Gasteiger partial charge in [0.15, 0.2) is 17.4 Å². The number of hydrogen-bond acceptors (Lipinski definition) is 3. The molecule has 0 aliphatic rings. The van der Waals surface area contributed by atoms with Gasteiger partial charge < -0.3 is 9.15 Å². The summed E-state index contributed by atoms with van der Waals surface area (Å²) in [5.74, 6) is -1.91. The Labute approximate surface area is 95.6 Å². The maximum atomic E-state index is 13.4. The van der Waals surface area contributed by atoms with E-state index in [0.29, 0.717) is 12.0 Å². The third-order valence-electron chi connectivity index (χ3n) is 2.10. The zero-order chi connectivity index (χ0) is 12.3. The van der Waals surface area contributed by atoms with Crippen LogP contribution in [0.1, 0.15) is 16.1 Å². The van der Waals surface area contributed by atoms with Crippen molar-refractivity contribution in [2.24, 2.45) is 0 Å². The molecule has 3 nitrogen and oxygen atoms in total. The Morgan fingerprint density at radius 1 is 1.29 bits per heavy atom. The summed E-state index contributed by atoms with van der Waals surface area (Å²) in [5, 5.41) is 0. The van der Waals surface area contributed by atoms with E-state index < -0.39 is 17.4 Å². The summed E-state index contributed by atoms with van der Waals surface area (Å²) in [5.41, 5.74) is -0.0784. The highest BCUT2D eigenvalue weighted by Gasteiger charge is 2.13. The summed E-state index contributed by atoms with van der Waals surface area (Å²) in [7, 11) is 0. The number of furan rings is 1. The number of halogens is 2. The molecule has 0 unspecified atom stereocenters. The molecule has 0 fully saturated rings. The predicted molar refractivity (Wildman–Crippen MR) is 54.8 cm³/mol. The standard InChI is InChI=1S/C12H8F2O3/c13-10-4-8(6-15)5-11(14)12(10)17-7-9-2-1-3-16-9/h1-6H,7H2. The second-order valence-corrected chi connectivity index (χ2v) is 3.30. The minimum absolute atomic E-state index is 0.0784. The highest BCUT2D eigenvalue weighted by atomic mass is 19.1. The molecule has 2 rings (SSSR count). The molecule has 88 valence electrons. The molecule has 0 aliphatic heterocycles. The van der Waals surface area contributed by atoms with Crippen molar-refractivity contribution in [2.75, 3.05) is 0 Å².